The molecule has 0 saturated carbocycles. The number of benzene rings is 1. The van der Waals surface area contributed by atoms with Crippen LogP contribution in [0.1, 0.15) is 38.5 Å². The van der Waals surface area contributed by atoms with Crippen LogP contribution in [0.25, 0.3) is 0 Å². The van der Waals surface area contributed by atoms with Crippen molar-refractivity contribution < 1.29 is 18.0 Å². The average molecular weight is 426 g/mol. The summed E-state index contributed by atoms with van der Waals surface area (Å²) >= 11 is 6.14. The SMILES string of the molecule is O=C(NCCC1=CCCCC1)C(=O)Nc1ccc(Cl)c(N2CCCS2(=O)=O)c1. The fourth-order valence-electron chi connectivity index (χ4n) is 3.43. The van der Waals surface area contributed by atoms with Gasteiger partial charge in [-0.1, -0.05) is 23.3 Å². The standard InChI is InChI=1S/C19H24ClN3O4S/c20-16-8-7-15(13-17(16)23-11-4-12-28(23,26)27)22-19(25)18(24)21-10-9-14-5-2-1-3-6-14/h5,7-8,13H,1-4,6,9-12H2,(H,21,24)(H,22,25). The van der Waals surface area contributed by atoms with Gasteiger partial charge in [-0.05, 0) is 56.7 Å². The van der Waals surface area contributed by atoms with Crippen molar-refractivity contribution in [3.8, 4) is 0 Å². The first-order valence-corrected chi connectivity index (χ1v) is 11.4. The highest BCUT2D eigenvalue weighted by atomic mass is 35.5. The highest BCUT2D eigenvalue weighted by Crippen LogP contribution is 2.33. The summed E-state index contributed by atoms with van der Waals surface area (Å²) in [7, 11) is -3.40. The number of amides is 2. The molecule has 1 heterocycles. The Bertz CT molecular complexity index is 898. The zero-order valence-electron chi connectivity index (χ0n) is 15.5. The van der Waals surface area contributed by atoms with E-state index < -0.39 is 21.8 Å². The molecule has 2 amide bonds. The van der Waals surface area contributed by atoms with Gasteiger partial charge in [0.25, 0.3) is 0 Å². The van der Waals surface area contributed by atoms with Gasteiger partial charge in [-0.15, -0.1) is 0 Å². The highest BCUT2D eigenvalue weighted by molar-refractivity contribution is 7.93. The van der Waals surface area contributed by atoms with E-state index in [4.69, 9.17) is 11.6 Å². The molecule has 3 rings (SSSR count). The van der Waals surface area contributed by atoms with Gasteiger partial charge in [0.1, 0.15) is 0 Å². The minimum Gasteiger partial charge on any atom is -0.348 e. The number of rotatable bonds is 5. The molecular formula is C19H24ClN3O4S. The summed E-state index contributed by atoms with van der Waals surface area (Å²) in [5.74, 6) is -1.45. The zero-order valence-corrected chi connectivity index (χ0v) is 17.1. The van der Waals surface area contributed by atoms with Crippen LogP contribution in [-0.4, -0.2) is 39.1 Å². The first-order chi connectivity index (χ1) is 13.4. The lowest BCUT2D eigenvalue weighted by atomic mass is 9.97. The summed E-state index contributed by atoms with van der Waals surface area (Å²) in [5.41, 5.74) is 1.94. The molecule has 7 nitrogen and oxygen atoms in total. The lowest BCUT2D eigenvalue weighted by Crippen LogP contribution is -2.36. The van der Waals surface area contributed by atoms with E-state index in [1.54, 1.807) is 0 Å². The van der Waals surface area contributed by atoms with Crippen molar-refractivity contribution in [2.75, 3.05) is 28.5 Å². The van der Waals surface area contributed by atoms with E-state index in [0.29, 0.717) is 30.9 Å². The molecule has 1 aromatic carbocycles. The van der Waals surface area contributed by atoms with E-state index in [1.165, 1.54) is 40.9 Å². The van der Waals surface area contributed by atoms with E-state index >= 15 is 0 Å². The average Bonchev–Trinajstić information content (AvgIpc) is 3.03. The quantitative estimate of drug-likeness (QED) is 0.560. The Labute approximate surface area is 170 Å². The molecule has 0 spiro atoms. The molecule has 1 fully saturated rings. The molecule has 2 aliphatic rings. The summed E-state index contributed by atoms with van der Waals surface area (Å²) in [4.78, 5) is 24.2. The minimum absolute atomic E-state index is 0.0682. The van der Waals surface area contributed by atoms with Gasteiger partial charge in [0.15, 0.2) is 0 Å². The number of anilines is 2. The second kappa shape index (κ2) is 8.96. The van der Waals surface area contributed by atoms with Gasteiger partial charge in [0.05, 0.1) is 16.5 Å². The van der Waals surface area contributed by atoms with E-state index in [-0.39, 0.29) is 10.8 Å². The minimum atomic E-state index is -3.40. The van der Waals surface area contributed by atoms with E-state index in [1.807, 2.05) is 0 Å². The molecule has 1 saturated heterocycles. The largest absolute Gasteiger partial charge is 0.348 e. The summed E-state index contributed by atoms with van der Waals surface area (Å²) in [6, 6.07) is 4.52. The topological polar surface area (TPSA) is 95.6 Å². The van der Waals surface area contributed by atoms with Gasteiger partial charge in [0, 0.05) is 18.8 Å². The molecule has 1 aromatic rings. The van der Waals surface area contributed by atoms with Crippen LogP contribution in [0.15, 0.2) is 29.8 Å². The van der Waals surface area contributed by atoms with Crippen molar-refractivity contribution in [2.45, 2.75) is 38.5 Å². The first kappa shape index (κ1) is 20.7. The maximum absolute atomic E-state index is 12.1. The van der Waals surface area contributed by atoms with Crippen molar-refractivity contribution in [2.24, 2.45) is 0 Å². The molecule has 0 radical (unpaired) electrons. The Morgan fingerprint density at radius 1 is 1.14 bits per heavy atom. The second-order valence-corrected chi connectivity index (χ2v) is 9.40. The zero-order chi connectivity index (χ0) is 20.1. The van der Waals surface area contributed by atoms with Crippen molar-refractivity contribution in [3.05, 3.63) is 34.9 Å². The van der Waals surface area contributed by atoms with Crippen molar-refractivity contribution in [3.63, 3.8) is 0 Å². The van der Waals surface area contributed by atoms with Gasteiger partial charge in [-0.3, -0.25) is 13.9 Å². The highest BCUT2D eigenvalue weighted by Gasteiger charge is 2.30. The third kappa shape index (κ3) is 5.05. The Kier molecular flexibility index (Phi) is 6.61. The molecule has 1 aliphatic carbocycles. The summed E-state index contributed by atoms with van der Waals surface area (Å²) in [6.07, 6.45) is 7.98. The molecule has 0 unspecified atom stereocenters. The summed E-state index contributed by atoms with van der Waals surface area (Å²) in [6.45, 7) is 0.756. The van der Waals surface area contributed by atoms with Crippen LogP contribution in [0, 0.1) is 0 Å². The second-order valence-electron chi connectivity index (χ2n) is 6.98. The molecule has 1 aliphatic heterocycles. The van der Waals surface area contributed by atoms with Gasteiger partial charge in [-0.25, -0.2) is 8.42 Å². The van der Waals surface area contributed by atoms with Gasteiger partial charge < -0.3 is 10.6 Å². The first-order valence-electron chi connectivity index (χ1n) is 9.44. The van der Waals surface area contributed by atoms with E-state index in [0.717, 1.165) is 19.3 Å². The predicted molar refractivity (Wildman–Crippen MR) is 110 cm³/mol. The van der Waals surface area contributed by atoms with Gasteiger partial charge in [0.2, 0.25) is 10.0 Å². The molecule has 2 N–H and O–H groups in total. The van der Waals surface area contributed by atoms with E-state index in [2.05, 4.69) is 16.7 Å². The number of nitrogens with one attached hydrogen (secondary N) is 2. The fourth-order valence-corrected chi connectivity index (χ4v) is 5.27. The predicted octanol–water partition coefficient (Wildman–Crippen LogP) is 2.83. The molecule has 9 heteroatoms. The van der Waals surface area contributed by atoms with Crippen LogP contribution in [-0.2, 0) is 19.6 Å². The van der Waals surface area contributed by atoms with Crippen LogP contribution >= 0.6 is 11.6 Å². The van der Waals surface area contributed by atoms with Crippen molar-refractivity contribution in [1.29, 1.82) is 0 Å². The molecule has 0 aromatic heterocycles. The summed E-state index contributed by atoms with van der Waals surface area (Å²) < 4.78 is 25.5. The number of hydrogen-bond donors (Lipinski definition) is 2. The number of nitrogens with zero attached hydrogens (tertiary/aromatic N) is 1. The van der Waals surface area contributed by atoms with Crippen LogP contribution < -0.4 is 14.9 Å². The Morgan fingerprint density at radius 3 is 2.64 bits per heavy atom. The third-order valence-corrected chi connectivity index (χ3v) is 7.07. The number of hydrogen-bond acceptors (Lipinski definition) is 4. The smallest absolute Gasteiger partial charge is 0.313 e. The summed E-state index contributed by atoms with van der Waals surface area (Å²) in [5, 5.41) is 5.39. The van der Waals surface area contributed by atoms with Crippen LogP contribution in [0.4, 0.5) is 11.4 Å². The molecule has 28 heavy (non-hydrogen) atoms. The maximum atomic E-state index is 12.1. The van der Waals surface area contributed by atoms with Crippen LogP contribution in [0.5, 0.6) is 0 Å². The van der Waals surface area contributed by atoms with E-state index in [9.17, 15) is 18.0 Å². The normalized spacial score (nSPS) is 18.5. The third-order valence-electron chi connectivity index (χ3n) is 4.89. The molecular weight excluding hydrogens is 402 g/mol. The van der Waals surface area contributed by atoms with Crippen molar-refractivity contribution >= 4 is 44.8 Å². The monoisotopic (exact) mass is 425 g/mol. The fraction of sp³-hybridized carbons (Fsp3) is 0.474. The van der Waals surface area contributed by atoms with Gasteiger partial charge >= 0.3 is 11.8 Å². The Hall–Kier alpha value is -2.06. The molecule has 0 bridgehead atoms. The van der Waals surface area contributed by atoms with Crippen molar-refractivity contribution in [1.82, 2.24) is 5.32 Å². The number of allylic oxidation sites excluding steroid dienone is 1. The van der Waals surface area contributed by atoms with Gasteiger partial charge in [-0.2, -0.15) is 0 Å². The molecule has 0 atom stereocenters. The Morgan fingerprint density at radius 2 is 1.96 bits per heavy atom. The van der Waals surface area contributed by atoms with Crippen LogP contribution in [0.3, 0.4) is 0 Å². The number of sulfonamides is 1. The number of carbonyl (C=O) groups is 2. The lowest BCUT2D eigenvalue weighted by Gasteiger charge is -2.19. The lowest BCUT2D eigenvalue weighted by molar-refractivity contribution is -0.136. The number of halogens is 1. The van der Waals surface area contributed by atoms with Crippen LogP contribution in [0.2, 0.25) is 5.02 Å². The number of carbonyl (C=O) groups excluding carboxylic acids is 2. The molecule has 152 valence electrons. The maximum Gasteiger partial charge on any atom is 0.313 e. The Balaban J connectivity index is 1.58.